The average molecular weight is 468 g/mol. The molecule has 0 spiro atoms. The van der Waals surface area contributed by atoms with Gasteiger partial charge in [0.1, 0.15) is 12.4 Å². The Balaban J connectivity index is 1.59. The molecule has 0 aliphatic heterocycles. The Hall–Kier alpha value is -3.01. The van der Waals surface area contributed by atoms with Crippen LogP contribution >= 0.6 is 12.2 Å². The lowest BCUT2D eigenvalue weighted by molar-refractivity contribution is 0.190. The molecule has 0 atom stereocenters. The number of aromatic nitrogens is 4. The van der Waals surface area contributed by atoms with Crippen LogP contribution in [0.25, 0.3) is 16.7 Å². The van der Waals surface area contributed by atoms with E-state index in [-0.39, 0.29) is 5.56 Å². The zero-order valence-corrected chi connectivity index (χ0v) is 20.0. The number of para-hydroxylation sites is 1. The van der Waals surface area contributed by atoms with E-state index >= 15 is 0 Å². The lowest BCUT2D eigenvalue weighted by Gasteiger charge is -2.16. The number of aryl methyl sites for hydroxylation is 2. The molecule has 0 aliphatic rings. The Labute approximate surface area is 197 Å². The van der Waals surface area contributed by atoms with Gasteiger partial charge in [-0.2, -0.15) is 0 Å². The first-order chi connectivity index (χ1) is 16.0. The van der Waals surface area contributed by atoms with E-state index in [2.05, 4.69) is 4.90 Å². The zero-order chi connectivity index (χ0) is 23.4. The highest BCUT2D eigenvalue weighted by Gasteiger charge is 2.16. The number of rotatable bonds is 10. The summed E-state index contributed by atoms with van der Waals surface area (Å²) in [5.74, 6) is 1.41. The largest absolute Gasteiger partial charge is 0.492 e. The molecule has 33 heavy (non-hydrogen) atoms. The van der Waals surface area contributed by atoms with E-state index < -0.39 is 0 Å². The predicted octanol–water partition coefficient (Wildman–Crippen LogP) is 3.49. The van der Waals surface area contributed by atoms with E-state index in [1.807, 2.05) is 66.9 Å². The Bertz CT molecular complexity index is 1370. The maximum absolute atomic E-state index is 13.2. The fourth-order valence-corrected chi connectivity index (χ4v) is 4.13. The van der Waals surface area contributed by atoms with E-state index in [1.54, 1.807) is 16.4 Å². The number of hydrogen-bond acceptors (Lipinski definition) is 6. The van der Waals surface area contributed by atoms with Gasteiger partial charge >= 0.3 is 0 Å². The van der Waals surface area contributed by atoms with Gasteiger partial charge in [0.15, 0.2) is 0 Å². The molecule has 4 aromatic rings. The normalized spacial score (nSPS) is 11.6. The highest BCUT2D eigenvalue weighted by Crippen LogP contribution is 2.15. The minimum atomic E-state index is -0.0683. The first kappa shape index (κ1) is 23.2. The van der Waals surface area contributed by atoms with E-state index in [9.17, 15) is 4.79 Å². The summed E-state index contributed by atoms with van der Waals surface area (Å²) in [4.78, 5) is 15.3. The molecule has 174 valence electrons. The van der Waals surface area contributed by atoms with Crippen LogP contribution in [0.1, 0.15) is 12.0 Å². The summed E-state index contributed by atoms with van der Waals surface area (Å²) in [6, 6.07) is 15.5. The van der Waals surface area contributed by atoms with Gasteiger partial charge in [0.2, 0.25) is 10.5 Å². The van der Waals surface area contributed by atoms with E-state index in [4.69, 9.17) is 26.8 Å². The molecule has 0 radical (unpaired) electrons. The second-order valence-corrected chi connectivity index (χ2v) is 8.49. The van der Waals surface area contributed by atoms with Crippen LogP contribution in [0.5, 0.6) is 5.75 Å². The van der Waals surface area contributed by atoms with E-state index in [0.717, 1.165) is 11.3 Å². The summed E-state index contributed by atoms with van der Waals surface area (Å²) in [7, 11) is 3.65. The molecule has 2 heterocycles. The van der Waals surface area contributed by atoms with Gasteiger partial charge in [0.25, 0.3) is 5.56 Å². The third-order valence-electron chi connectivity index (χ3n) is 5.52. The van der Waals surface area contributed by atoms with Crippen LogP contribution in [0.15, 0.2) is 53.3 Å². The van der Waals surface area contributed by atoms with Gasteiger partial charge in [-0.05, 0) is 62.4 Å². The minimum absolute atomic E-state index is 0.0683. The number of likely N-dealkylation sites (N-methyl/N-ethyl adjacent to an activating group) is 1. The highest BCUT2D eigenvalue weighted by atomic mass is 32.1. The molecular weight excluding hydrogens is 438 g/mol. The van der Waals surface area contributed by atoms with E-state index in [1.165, 1.54) is 5.56 Å². The standard InChI is InChI=1S/C24H29N5O3S/c1-18-8-6-9-19(16-18)32-15-13-26(2)17-28-24(33)29-21-11-5-4-10-20(21)22(30)27(23(29)25-28)12-7-14-31-3/h4-6,8-11,16H,7,12-15,17H2,1-3H3. The molecule has 4 rings (SSSR count). The topological polar surface area (TPSA) is 65.9 Å². The number of nitrogens with zero attached hydrogens (tertiary/aromatic N) is 5. The quantitative estimate of drug-likeness (QED) is 0.263. The van der Waals surface area contributed by atoms with Gasteiger partial charge < -0.3 is 9.47 Å². The molecule has 0 saturated heterocycles. The number of hydrogen-bond donors (Lipinski definition) is 0. The Morgan fingerprint density at radius 3 is 2.73 bits per heavy atom. The zero-order valence-electron chi connectivity index (χ0n) is 19.2. The van der Waals surface area contributed by atoms with Gasteiger partial charge in [0, 0.05) is 26.8 Å². The molecule has 9 heteroatoms. The second kappa shape index (κ2) is 10.3. The van der Waals surface area contributed by atoms with Gasteiger partial charge in [-0.25, -0.2) is 4.68 Å². The molecule has 0 N–H and O–H groups in total. The predicted molar refractivity (Wildman–Crippen MR) is 132 cm³/mol. The van der Waals surface area contributed by atoms with Crippen molar-refractivity contribution in [1.82, 2.24) is 23.6 Å². The minimum Gasteiger partial charge on any atom is -0.492 e. The molecule has 0 amide bonds. The fourth-order valence-electron chi connectivity index (χ4n) is 3.85. The molecule has 0 unspecified atom stereocenters. The van der Waals surface area contributed by atoms with Crippen LogP contribution in [-0.4, -0.2) is 57.6 Å². The summed E-state index contributed by atoms with van der Waals surface area (Å²) >= 11 is 5.78. The molecule has 8 nitrogen and oxygen atoms in total. The van der Waals surface area contributed by atoms with Gasteiger partial charge in [-0.1, -0.05) is 24.3 Å². The van der Waals surface area contributed by atoms with Gasteiger partial charge in [0.05, 0.1) is 17.6 Å². The summed E-state index contributed by atoms with van der Waals surface area (Å²) in [6.07, 6.45) is 0.709. The first-order valence-corrected chi connectivity index (χ1v) is 11.4. The van der Waals surface area contributed by atoms with Crippen LogP contribution in [0, 0.1) is 11.7 Å². The SMILES string of the molecule is COCCCn1c(=O)c2ccccc2n2c(=S)n(CN(C)CCOc3cccc(C)c3)nc12. The van der Waals surface area contributed by atoms with Crippen molar-refractivity contribution in [3.8, 4) is 5.75 Å². The van der Waals surface area contributed by atoms with Crippen molar-refractivity contribution in [2.75, 3.05) is 33.9 Å². The summed E-state index contributed by atoms with van der Waals surface area (Å²) < 4.78 is 16.9. The van der Waals surface area contributed by atoms with Crippen LogP contribution in [0.3, 0.4) is 0 Å². The lowest BCUT2D eigenvalue weighted by atomic mass is 10.2. The number of methoxy groups -OCH3 is 1. The van der Waals surface area contributed by atoms with Gasteiger partial charge in [-0.15, -0.1) is 5.10 Å². The molecule has 0 saturated carbocycles. The van der Waals surface area contributed by atoms with Crippen molar-refractivity contribution in [3.05, 3.63) is 69.2 Å². The summed E-state index contributed by atoms with van der Waals surface area (Å²) in [6.45, 7) is 4.85. The Kier molecular flexibility index (Phi) is 7.22. The lowest BCUT2D eigenvalue weighted by Crippen LogP contribution is -2.27. The monoisotopic (exact) mass is 467 g/mol. The van der Waals surface area contributed by atoms with Crippen molar-refractivity contribution in [2.45, 2.75) is 26.6 Å². The summed E-state index contributed by atoms with van der Waals surface area (Å²) in [5.41, 5.74) is 1.86. The smallest absolute Gasteiger partial charge is 0.262 e. The third kappa shape index (κ3) is 5.00. The maximum Gasteiger partial charge on any atom is 0.262 e. The third-order valence-corrected chi connectivity index (χ3v) is 5.91. The van der Waals surface area contributed by atoms with Crippen molar-refractivity contribution in [2.24, 2.45) is 0 Å². The molecular formula is C24H29N5O3S. The number of fused-ring (bicyclic) bond motifs is 3. The van der Waals surface area contributed by atoms with E-state index in [0.29, 0.717) is 55.3 Å². The first-order valence-electron chi connectivity index (χ1n) is 11.0. The van der Waals surface area contributed by atoms with Gasteiger partial charge in [-0.3, -0.25) is 18.7 Å². The maximum atomic E-state index is 13.2. The van der Waals surface area contributed by atoms with Crippen molar-refractivity contribution >= 4 is 28.9 Å². The molecule has 2 aromatic carbocycles. The number of benzene rings is 2. The molecule has 0 bridgehead atoms. The van der Waals surface area contributed by atoms with Crippen molar-refractivity contribution in [1.29, 1.82) is 0 Å². The average Bonchev–Trinajstić information content (AvgIpc) is 3.12. The van der Waals surface area contributed by atoms with Crippen LogP contribution in [0.2, 0.25) is 0 Å². The van der Waals surface area contributed by atoms with Crippen molar-refractivity contribution < 1.29 is 9.47 Å². The summed E-state index contributed by atoms with van der Waals surface area (Å²) in [5, 5.41) is 5.36. The Morgan fingerprint density at radius 2 is 1.94 bits per heavy atom. The highest BCUT2D eigenvalue weighted by molar-refractivity contribution is 7.71. The fraction of sp³-hybridized carbons (Fsp3) is 0.375. The molecule has 2 aromatic heterocycles. The Morgan fingerprint density at radius 1 is 1.12 bits per heavy atom. The van der Waals surface area contributed by atoms with Crippen LogP contribution in [-0.2, 0) is 18.0 Å². The van der Waals surface area contributed by atoms with Crippen LogP contribution < -0.4 is 10.3 Å². The van der Waals surface area contributed by atoms with Crippen LogP contribution in [0.4, 0.5) is 0 Å². The molecule has 0 aliphatic carbocycles. The molecule has 0 fully saturated rings. The van der Waals surface area contributed by atoms with Crippen molar-refractivity contribution in [3.63, 3.8) is 0 Å². The number of ether oxygens (including phenoxy) is 2. The second-order valence-electron chi connectivity index (χ2n) is 8.12.